The van der Waals surface area contributed by atoms with E-state index in [1.165, 1.54) is 5.56 Å². The van der Waals surface area contributed by atoms with E-state index >= 15 is 0 Å². The van der Waals surface area contributed by atoms with Gasteiger partial charge in [-0.25, -0.2) is 4.98 Å². The second kappa shape index (κ2) is 8.00. The van der Waals surface area contributed by atoms with Gasteiger partial charge in [-0.15, -0.1) is 0 Å². The van der Waals surface area contributed by atoms with Crippen molar-refractivity contribution in [2.24, 2.45) is 0 Å². The Hall–Kier alpha value is -2.88. The molecule has 0 bridgehead atoms. The predicted molar refractivity (Wildman–Crippen MR) is 108 cm³/mol. The number of para-hydroxylation sites is 2. The average molecular weight is 347 g/mol. The molecule has 26 heavy (non-hydrogen) atoms. The molecule has 1 heterocycles. The molecule has 0 saturated carbocycles. The van der Waals surface area contributed by atoms with E-state index in [0.29, 0.717) is 11.4 Å². The van der Waals surface area contributed by atoms with Crippen molar-refractivity contribution in [3.05, 3.63) is 65.7 Å². The molecule has 1 atom stereocenters. The van der Waals surface area contributed by atoms with Gasteiger partial charge in [0.15, 0.2) is 0 Å². The van der Waals surface area contributed by atoms with Crippen molar-refractivity contribution in [1.29, 1.82) is 0 Å². The molecule has 0 saturated heterocycles. The SMILES string of the molecule is CCc1ccccc1Nc1cc(C(=O)N[C@@H](C)CC)c2ccccc2n1. The minimum absolute atomic E-state index is 0.0650. The Bertz CT molecular complexity index is 920. The van der Waals surface area contributed by atoms with Crippen LogP contribution in [0.5, 0.6) is 0 Å². The summed E-state index contributed by atoms with van der Waals surface area (Å²) in [5, 5.41) is 7.31. The second-order valence-electron chi connectivity index (χ2n) is 6.49. The third-order valence-corrected chi connectivity index (χ3v) is 4.61. The third kappa shape index (κ3) is 3.85. The third-order valence-electron chi connectivity index (χ3n) is 4.61. The topological polar surface area (TPSA) is 54.0 Å². The van der Waals surface area contributed by atoms with Gasteiger partial charge in [0.25, 0.3) is 5.91 Å². The molecule has 0 aliphatic rings. The number of aryl methyl sites for hydroxylation is 1. The first kappa shape index (κ1) is 17.9. The summed E-state index contributed by atoms with van der Waals surface area (Å²) in [6.45, 7) is 6.20. The number of rotatable bonds is 6. The van der Waals surface area contributed by atoms with E-state index in [1.807, 2.05) is 55.5 Å². The van der Waals surface area contributed by atoms with Gasteiger partial charge in [-0.05, 0) is 43.5 Å². The molecule has 3 aromatic rings. The number of hydrogen-bond donors (Lipinski definition) is 2. The summed E-state index contributed by atoms with van der Waals surface area (Å²) in [7, 11) is 0. The molecule has 3 rings (SSSR count). The molecular weight excluding hydrogens is 322 g/mol. The zero-order chi connectivity index (χ0) is 18.5. The highest BCUT2D eigenvalue weighted by atomic mass is 16.1. The van der Waals surface area contributed by atoms with Gasteiger partial charge in [-0.3, -0.25) is 4.79 Å². The first-order valence-electron chi connectivity index (χ1n) is 9.18. The highest BCUT2D eigenvalue weighted by Crippen LogP contribution is 2.25. The monoisotopic (exact) mass is 347 g/mol. The molecule has 134 valence electrons. The van der Waals surface area contributed by atoms with Crippen LogP contribution >= 0.6 is 0 Å². The van der Waals surface area contributed by atoms with Crippen molar-refractivity contribution >= 4 is 28.3 Å². The van der Waals surface area contributed by atoms with Crippen molar-refractivity contribution in [2.75, 3.05) is 5.32 Å². The van der Waals surface area contributed by atoms with E-state index in [1.54, 1.807) is 0 Å². The van der Waals surface area contributed by atoms with Crippen LogP contribution in [0.4, 0.5) is 11.5 Å². The molecule has 4 heteroatoms. The normalized spacial score (nSPS) is 12.0. The number of pyridine rings is 1. The number of fused-ring (bicyclic) bond motifs is 1. The van der Waals surface area contributed by atoms with Gasteiger partial charge in [-0.1, -0.05) is 50.2 Å². The first-order valence-corrected chi connectivity index (χ1v) is 9.18. The van der Waals surface area contributed by atoms with Crippen LogP contribution in [0.1, 0.15) is 43.1 Å². The van der Waals surface area contributed by atoms with Crippen molar-refractivity contribution in [1.82, 2.24) is 10.3 Å². The smallest absolute Gasteiger partial charge is 0.252 e. The first-order chi connectivity index (χ1) is 12.6. The number of hydrogen-bond acceptors (Lipinski definition) is 3. The quantitative estimate of drug-likeness (QED) is 0.654. The van der Waals surface area contributed by atoms with Crippen molar-refractivity contribution in [3.63, 3.8) is 0 Å². The Morgan fingerprint density at radius 2 is 1.81 bits per heavy atom. The van der Waals surface area contributed by atoms with E-state index in [4.69, 9.17) is 4.98 Å². The maximum Gasteiger partial charge on any atom is 0.252 e. The van der Waals surface area contributed by atoms with Crippen molar-refractivity contribution < 1.29 is 4.79 Å². The van der Waals surface area contributed by atoms with Crippen molar-refractivity contribution in [2.45, 2.75) is 39.7 Å². The fourth-order valence-corrected chi connectivity index (χ4v) is 2.92. The summed E-state index contributed by atoms with van der Waals surface area (Å²) in [5.74, 6) is 0.615. The Morgan fingerprint density at radius 3 is 2.58 bits per heavy atom. The fourth-order valence-electron chi connectivity index (χ4n) is 2.92. The molecule has 0 aliphatic carbocycles. The average Bonchev–Trinajstić information content (AvgIpc) is 2.67. The molecule has 4 nitrogen and oxygen atoms in total. The van der Waals surface area contributed by atoms with Crippen LogP contribution < -0.4 is 10.6 Å². The van der Waals surface area contributed by atoms with Crippen LogP contribution in [0.15, 0.2) is 54.6 Å². The Labute approximate surface area is 154 Å². The molecule has 0 fully saturated rings. The lowest BCUT2D eigenvalue weighted by Gasteiger charge is -2.15. The molecule has 2 N–H and O–H groups in total. The molecular formula is C22H25N3O. The van der Waals surface area contributed by atoms with Gasteiger partial charge < -0.3 is 10.6 Å². The van der Waals surface area contributed by atoms with E-state index in [0.717, 1.165) is 29.4 Å². The molecule has 1 amide bonds. The van der Waals surface area contributed by atoms with Crippen LogP contribution in [0, 0.1) is 0 Å². The molecule has 2 aromatic carbocycles. The lowest BCUT2D eigenvalue weighted by molar-refractivity contribution is 0.0941. The number of anilines is 2. The highest BCUT2D eigenvalue weighted by Gasteiger charge is 2.15. The number of carbonyl (C=O) groups excluding carboxylic acids is 1. The lowest BCUT2D eigenvalue weighted by atomic mass is 10.1. The summed E-state index contributed by atoms with van der Waals surface area (Å²) in [6, 6.07) is 17.9. The van der Waals surface area contributed by atoms with Gasteiger partial charge in [-0.2, -0.15) is 0 Å². The van der Waals surface area contributed by atoms with Crippen molar-refractivity contribution in [3.8, 4) is 0 Å². The van der Waals surface area contributed by atoms with Gasteiger partial charge in [0.2, 0.25) is 0 Å². The van der Waals surface area contributed by atoms with Crippen LogP contribution in [0.2, 0.25) is 0 Å². The number of carbonyl (C=O) groups is 1. The Kier molecular flexibility index (Phi) is 5.52. The Balaban J connectivity index is 2.03. The maximum absolute atomic E-state index is 12.8. The minimum atomic E-state index is -0.0650. The number of nitrogens with one attached hydrogen (secondary N) is 2. The number of nitrogens with zero attached hydrogens (tertiary/aromatic N) is 1. The van der Waals surface area contributed by atoms with Crippen LogP contribution in [0.3, 0.4) is 0 Å². The number of benzene rings is 2. The van der Waals surface area contributed by atoms with Crippen LogP contribution in [-0.4, -0.2) is 16.9 Å². The van der Waals surface area contributed by atoms with E-state index in [2.05, 4.69) is 30.5 Å². The van der Waals surface area contributed by atoms with Gasteiger partial charge >= 0.3 is 0 Å². The Morgan fingerprint density at radius 1 is 1.08 bits per heavy atom. The van der Waals surface area contributed by atoms with E-state index in [-0.39, 0.29) is 11.9 Å². The number of amides is 1. The maximum atomic E-state index is 12.8. The van der Waals surface area contributed by atoms with Crippen LogP contribution in [-0.2, 0) is 6.42 Å². The fraction of sp³-hybridized carbons (Fsp3) is 0.273. The van der Waals surface area contributed by atoms with Gasteiger partial charge in [0, 0.05) is 17.1 Å². The highest BCUT2D eigenvalue weighted by molar-refractivity contribution is 6.07. The summed E-state index contributed by atoms with van der Waals surface area (Å²) >= 11 is 0. The largest absolute Gasteiger partial charge is 0.350 e. The zero-order valence-electron chi connectivity index (χ0n) is 15.5. The van der Waals surface area contributed by atoms with Gasteiger partial charge in [0.05, 0.1) is 11.1 Å². The standard InChI is InChI=1S/C22H25N3O/c1-4-15(3)23-22(26)18-14-21(25-20-13-9-7-11-17(18)20)24-19-12-8-6-10-16(19)5-2/h6-15H,4-5H2,1-3H3,(H,23,26)(H,24,25)/t15-/m0/s1. The number of aromatic nitrogens is 1. The summed E-state index contributed by atoms with van der Waals surface area (Å²) < 4.78 is 0. The summed E-state index contributed by atoms with van der Waals surface area (Å²) in [5.41, 5.74) is 3.69. The molecule has 0 unspecified atom stereocenters. The molecule has 0 aliphatic heterocycles. The lowest BCUT2D eigenvalue weighted by Crippen LogP contribution is -2.32. The molecule has 1 aromatic heterocycles. The summed E-state index contributed by atoms with van der Waals surface area (Å²) in [6.07, 6.45) is 1.82. The second-order valence-corrected chi connectivity index (χ2v) is 6.49. The molecule has 0 spiro atoms. The molecule has 0 radical (unpaired) electrons. The predicted octanol–water partition coefficient (Wildman–Crippen LogP) is 5.07. The van der Waals surface area contributed by atoms with Gasteiger partial charge in [0.1, 0.15) is 5.82 Å². The summed E-state index contributed by atoms with van der Waals surface area (Å²) in [4.78, 5) is 17.5. The van der Waals surface area contributed by atoms with E-state index < -0.39 is 0 Å². The van der Waals surface area contributed by atoms with Crippen LogP contribution in [0.25, 0.3) is 10.9 Å². The minimum Gasteiger partial charge on any atom is -0.350 e. The zero-order valence-corrected chi connectivity index (χ0v) is 15.5. The van der Waals surface area contributed by atoms with E-state index in [9.17, 15) is 4.79 Å².